The van der Waals surface area contributed by atoms with E-state index < -0.39 is 0 Å². The molecule has 1 saturated carbocycles. The Morgan fingerprint density at radius 3 is 2.88 bits per heavy atom. The lowest BCUT2D eigenvalue weighted by atomic mass is 10.1. The predicted octanol–water partition coefficient (Wildman–Crippen LogP) is 0.882. The minimum atomic E-state index is 0.479. The highest BCUT2D eigenvalue weighted by Crippen LogP contribution is 2.22. The van der Waals surface area contributed by atoms with E-state index in [9.17, 15) is 0 Å². The van der Waals surface area contributed by atoms with Gasteiger partial charge in [0.25, 0.3) is 0 Å². The summed E-state index contributed by atoms with van der Waals surface area (Å²) in [6.07, 6.45) is 6.40. The quantitative estimate of drug-likeness (QED) is 0.821. The number of rotatable bonds is 4. The van der Waals surface area contributed by atoms with Crippen molar-refractivity contribution in [3.63, 3.8) is 0 Å². The molecule has 3 rings (SSSR count). The van der Waals surface area contributed by atoms with Crippen LogP contribution in [0.3, 0.4) is 0 Å². The van der Waals surface area contributed by atoms with Crippen LogP contribution in [-0.4, -0.2) is 34.0 Å². The Balaban J connectivity index is 1.65. The minimum absolute atomic E-state index is 0.479. The van der Waals surface area contributed by atoms with Crippen molar-refractivity contribution in [2.75, 3.05) is 13.2 Å². The maximum Gasteiger partial charge on any atom is 0.141 e. The molecule has 2 aliphatic rings. The van der Waals surface area contributed by atoms with Gasteiger partial charge in [-0.25, -0.2) is 9.67 Å². The van der Waals surface area contributed by atoms with E-state index in [1.807, 2.05) is 0 Å². The third-order valence-electron chi connectivity index (χ3n) is 3.31. The number of hydrogen-bond donors (Lipinski definition) is 1. The van der Waals surface area contributed by atoms with Crippen molar-refractivity contribution >= 4 is 0 Å². The fourth-order valence-corrected chi connectivity index (χ4v) is 2.16. The molecule has 0 radical (unpaired) electrons. The van der Waals surface area contributed by atoms with Crippen LogP contribution in [0.25, 0.3) is 0 Å². The lowest BCUT2D eigenvalue weighted by Gasteiger charge is -2.23. The molecule has 5 heteroatoms. The van der Waals surface area contributed by atoms with E-state index in [0.717, 1.165) is 44.5 Å². The Labute approximate surface area is 95.2 Å². The standard InChI is InChI=1S/C11H18N4O/c1-2-9(1)12-7-11-13-8-14-15(11)10-3-5-16-6-4-10/h8-10,12H,1-7H2. The van der Waals surface area contributed by atoms with Gasteiger partial charge in [-0.2, -0.15) is 5.10 Å². The summed E-state index contributed by atoms with van der Waals surface area (Å²) in [5, 5.41) is 7.83. The number of nitrogens with one attached hydrogen (secondary N) is 1. The summed E-state index contributed by atoms with van der Waals surface area (Å²) in [6.45, 7) is 2.54. The molecule has 5 nitrogen and oxygen atoms in total. The topological polar surface area (TPSA) is 52.0 Å². The smallest absolute Gasteiger partial charge is 0.141 e. The van der Waals surface area contributed by atoms with Crippen molar-refractivity contribution in [1.29, 1.82) is 0 Å². The normalized spacial score (nSPS) is 22.5. The molecule has 0 bridgehead atoms. The van der Waals surface area contributed by atoms with E-state index in [0.29, 0.717) is 6.04 Å². The molecule has 0 atom stereocenters. The maximum atomic E-state index is 5.37. The lowest BCUT2D eigenvalue weighted by Crippen LogP contribution is -2.25. The molecular weight excluding hydrogens is 204 g/mol. The summed E-state index contributed by atoms with van der Waals surface area (Å²) in [6, 6.07) is 1.20. The van der Waals surface area contributed by atoms with Crippen LogP contribution >= 0.6 is 0 Å². The van der Waals surface area contributed by atoms with Crippen LogP contribution in [0.15, 0.2) is 6.33 Å². The van der Waals surface area contributed by atoms with Gasteiger partial charge in [0.15, 0.2) is 0 Å². The zero-order valence-electron chi connectivity index (χ0n) is 9.43. The summed E-state index contributed by atoms with van der Waals surface area (Å²) in [7, 11) is 0. The van der Waals surface area contributed by atoms with Crippen LogP contribution in [0.4, 0.5) is 0 Å². The van der Waals surface area contributed by atoms with Crippen LogP contribution in [0.2, 0.25) is 0 Å². The second kappa shape index (κ2) is 4.51. The molecular formula is C11H18N4O. The van der Waals surface area contributed by atoms with Gasteiger partial charge in [0, 0.05) is 19.3 Å². The van der Waals surface area contributed by atoms with E-state index >= 15 is 0 Å². The van der Waals surface area contributed by atoms with Crippen molar-refractivity contribution in [1.82, 2.24) is 20.1 Å². The van der Waals surface area contributed by atoms with Gasteiger partial charge in [-0.1, -0.05) is 0 Å². The Morgan fingerprint density at radius 1 is 1.31 bits per heavy atom. The molecule has 1 N–H and O–H groups in total. The van der Waals surface area contributed by atoms with E-state index in [1.54, 1.807) is 6.33 Å². The van der Waals surface area contributed by atoms with Crippen molar-refractivity contribution in [3.05, 3.63) is 12.2 Å². The average molecular weight is 222 g/mol. The van der Waals surface area contributed by atoms with Gasteiger partial charge in [0.1, 0.15) is 12.2 Å². The highest BCUT2D eigenvalue weighted by Gasteiger charge is 2.23. The molecule has 88 valence electrons. The van der Waals surface area contributed by atoms with Gasteiger partial charge < -0.3 is 10.1 Å². The first-order chi connectivity index (χ1) is 7.93. The first-order valence-corrected chi connectivity index (χ1v) is 6.13. The van der Waals surface area contributed by atoms with Gasteiger partial charge in [-0.15, -0.1) is 0 Å². The van der Waals surface area contributed by atoms with Crippen LogP contribution in [-0.2, 0) is 11.3 Å². The highest BCUT2D eigenvalue weighted by atomic mass is 16.5. The van der Waals surface area contributed by atoms with Crippen molar-refractivity contribution in [2.24, 2.45) is 0 Å². The van der Waals surface area contributed by atoms with Gasteiger partial charge in [0.2, 0.25) is 0 Å². The van der Waals surface area contributed by atoms with Gasteiger partial charge in [-0.3, -0.25) is 0 Å². The lowest BCUT2D eigenvalue weighted by molar-refractivity contribution is 0.0651. The molecule has 16 heavy (non-hydrogen) atoms. The third-order valence-corrected chi connectivity index (χ3v) is 3.31. The van der Waals surface area contributed by atoms with Crippen LogP contribution < -0.4 is 5.32 Å². The molecule has 0 aromatic carbocycles. The second-order valence-electron chi connectivity index (χ2n) is 4.62. The van der Waals surface area contributed by atoms with Gasteiger partial charge in [-0.05, 0) is 25.7 Å². The number of hydrogen-bond acceptors (Lipinski definition) is 4. The predicted molar refractivity (Wildman–Crippen MR) is 59.0 cm³/mol. The Kier molecular flexibility index (Phi) is 2.88. The minimum Gasteiger partial charge on any atom is -0.381 e. The monoisotopic (exact) mass is 222 g/mol. The Hall–Kier alpha value is -0.940. The average Bonchev–Trinajstić information content (AvgIpc) is 3.05. The van der Waals surface area contributed by atoms with Crippen LogP contribution in [0.5, 0.6) is 0 Å². The highest BCUT2D eigenvalue weighted by molar-refractivity contribution is 4.91. The summed E-state index contributed by atoms with van der Waals surface area (Å²) >= 11 is 0. The molecule has 0 amide bonds. The van der Waals surface area contributed by atoms with Crippen LogP contribution in [0.1, 0.15) is 37.5 Å². The van der Waals surface area contributed by atoms with E-state index in [4.69, 9.17) is 4.74 Å². The second-order valence-corrected chi connectivity index (χ2v) is 4.62. The SMILES string of the molecule is c1nc(CNC2CC2)n(C2CCOCC2)n1. The van der Waals surface area contributed by atoms with Crippen molar-refractivity contribution in [2.45, 2.75) is 44.3 Å². The van der Waals surface area contributed by atoms with Crippen LogP contribution in [0, 0.1) is 0 Å². The number of aromatic nitrogens is 3. The molecule has 1 saturated heterocycles. The zero-order chi connectivity index (χ0) is 10.8. The number of ether oxygens (including phenoxy) is 1. The zero-order valence-corrected chi connectivity index (χ0v) is 9.43. The Bertz CT molecular complexity index is 342. The third kappa shape index (κ3) is 2.25. The molecule has 0 spiro atoms. The van der Waals surface area contributed by atoms with Crippen molar-refractivity contribution in [3.8, 4) is 0 Å². The van der Waals surface area contributed by atoms with Gasteiger partial charge in [0.05, 0.1) is 12.6 Å². The fourth-order valence-electron chi connectivity index (χ4n) is 2.16. The molecule has 1 aliphatic heterocycles. The fraction of sp³-hybridized carbons (Fsp3) is 0.818. The molecule has 0 unspecified atom stereocenters. The summed E-state index contributed by atoms with van der Waals surface area (Å²) in [5.41, 5.74) is 0. The summed E-state index contributed by atoms with van der Waals surface area (Å²) in [4.78, 5) is 4.34. The largest absolute Gasteiger partial charge is 0.381 e. The van der Waals surface area contributed by atoms with Gasteiger partial charge >= 0.3 is 0 Å². The molecule has 1 aromatic heterocycles. The molecule has 2 fully saturated rings. The first-order valence-electron chi connectivity index (χ1n) is 6.13. The molecule has 1 aliphatic carbocycles. The number of nitrogens with zero attached hydrogens (tertiary/aromatic N) is 3. The van der Waals surface area contributed by atoms with E-state index in [1.165, 1.54) is 12.8 Å². The van der Waals surface area contributed by atoms with E-state index in [-0.39, 0.29) is 0 Å². The maximum absolute atomic E-state index is 5.37. The summed E-state index contributed by atoms with van der Waals surface area (Å²) in [5.74, 6) is 1.07. The Morgan fingerprint density at radius 2 is 2.12 bits per heavy atom. The first kappa shape index (κ1) is 10.2. The van der Waals surface area contributed by atoms with Crippen molar-refractivity contribution < 1.29 is 4.74 Å². The van der Waals surface area contributed by atoms with E-state index in [2.05, 4.69) is 20.1 Å². The molecule has 2 heterocycles. The summed E-state index contributed by atoms with van der Waals surface area (Å²) < 4.78 is 7.45. The molecule has 1 aromatic rings.